The Balaban J connectivity index is 1.93. The minimum Gasteiger partial charge on any atom is -0.496 e. The molecule has 31 heavy (non-hydrogen) atoms. The van der Waals surface area contributed by atoms with Crippen LogP contribution in [0.15, 0.2) is 36.4 Å². The molecule has 1 aliphatic carbocycles. The summed E-state index contributed by atoms with van der Waals surface area (Å²) >= 11 is 0. The molecule has 2 heterocycles. The standard InChI is InChI=1S/C25H28N2O4/c1-15(2)18-8-7-9-19(26-18)20-14-22(31-25(24(28)29)12-5-6-13-25)17-10-11-21(30-4)16(3)23(17)27-20/h7-11,14-15H,5-6,12-13H2,1-4H3,(H,28,29). The Bertz CT molecular complexity index is 1130. The van der Waals surface area contributed by atoms with E-state index in [1.807, 2.05) is 43.3 Å². The second-order valence-electron chi connectivity index (χ2n) is 8.51. The summed E-state index contributed by atoms with van der Waals surface area (Å²) in [5.74, 6) is 0.612. The van der Waals surface area contributed by atoms with Crippen LogP contribution in [-0.2, 0) is 4.79 Å². The van der Waals surface area contributed by atoms with Gasteiger partial charge in [-0.2, -0.15) is 0 Å². The van der Waals surface area contributed by atoms with Gasteiger partial charge >= 0.3 is 5.97 Å². The summed E-state index contributed by atoms with van der Waals surface area (Å²) in [5.41, 5.74) is 2.76. The zero-order chi connectivity index (χ0) is 22.2. The lowest BCUT2D eigenvalue weighted by Gasteiger charge is -2.27. The lowest BCUT2D eigenvalue weighted by atomic mass is 10.0. The molecule has 2 aromatic heterocycles. The van der Waals surface area contributed by atoms with E-state index in [9.17, 15) is 9.90 Å². The van der Waals surface area contributed by atoms with Crippen LogP contribution in [0.4, 0.5) is 0 Å². The van der Waals surface area contributed by atoms with Crippen molar-refractivity contribution < 1.29 is 19.4 Å². The van der Waals surface area contributed by atoms with Crippen molar-refractivity contribution in [1.82, 2.24) is 9.97 Å². The van der Waals surface area contributed by atoms with Gasteiger partial charge in [-0.15, -0.1) is 0 Å². The lowest BCUT2D eigenvalue weighted by Crippen LogP contribution is -2.41. The molecule has 1 aliphatic rings. The maximum atomic E-state index is 12.1. The number of rotatable bonds is 6. The van der Waals surface area contributed by atoms with Gasteiger partial charge in [0.05, 0.1) is 24.0 Å². The predicted molar refractivity (Wildman–Crippen MR) is 120 cm³/mol. The Kier molecular flexibility index (Phi) is 5.56. The highest BCUT2D eigenvalue weighted by atomic mass is 16.5. The van der Waals surface area contributed by atoms with Crippen LogP contribution in [0, 0.1) is 6.92 Å². The zero-order valence-corrected chi connectivity index (χ0v) is 18.4. The smallest absolute Gasteiger partial charge is 0.348 e. The predicted octanol–water partition coefficient (Wildman–Crippen LogP) is 5.51. The minimum absolute atomic E-state index is 0.284. The normalized spacial score (nSPS) is 15.4. The van der Waals surface area contributed by atoms with Crippen molar-refractivity contribution in [1.29, 1.82) is 0 Å². The highest BCUT2D eigenvalue weighted by Gasteiger charge is 2.44. The van der Waals surface area contributed by atoms with E-state index in [4.69, 9.17) is 19.4 Å². The summed E-state index contributed by atoms with van der Waals surface area (Å²) in [6, 6.07) is 11.5. The van der Waals surface area contributed by atoms with Gasteiger partial charge in [0.1, 0.15) is 11.5 Å². The number of pyridine rings is 2. The second kappa shape index (κ2) is 8.17. The van der Waals surface area contributed by atoms with Crippen LogP contribution in [0.5, 0.6) is 11.5 Å². The van der Waals surface area contributed by atoms with Gasteiger partial charge in [-0.25, -0.2) is 9.78 Å². The molecule has 1 N–H and O–H groups in total. The third-order valence-electron chi connectivity index (χ3n) is 6.10. The Morgan fingerprint density at radius 3 is 2.45 bits per heavy atom. The van der Waals surface area contributed by atoms with E-state index in [0.717, 1.165) is 46.4 Å². The number of hydrogen-bond donors (Lipinski definition) is 1. The summed E-state index contributed by atoms with van der Waals surface area (Å²) in [7, 11) is 1.63. The molecule has 1 fully saturated rings. The van der Waals surface area contributed by atoms with Crippen molar-refractivity contribution in [3.63, 3.8) is 0 Å². The second-order valence-corrected chi connectivity index (χ2v) is 8.51. The zero-order valence-electron chi connectivity index (χ0n) is 18.4. The third kappa shape index (κ3) is 3.82. The van der Waals surface area contributed by atoms with Gasteiger partial charge in [-0.3, -0.25) is 4.98 Å². The molecule has 0 unspecified atom stereocenters. The summed E-state index contributed by atoms with van der Waals surface area (Å²) in [5, 5.41) is 10.7. The number of aromatic nitrogens is 2. The first-order valence-corrected chi connectivity index (χ1v) is 10.7. The summed E-state index contributed by atoms with van der Waals surface area (Å²) in [6.45, 7) is 6.14. The first-order valence-electron chi connectivity index (χ1n) is 10.7. The number of methoxy groups -OCH3 is 1. The molecule has 0 radical (unpaired) electrons. The van der Waals surface area contributed by atoms with Gasteiger partial charge in [-0.05, 0) is 62.8 Å². The average Bonchev–Trinajstić information content (AvgIpc) is 3.24. The molecule has 0 spiro atoms. The average molecular weight is 421 g/mol. The molecule has 0 bridgehead atoms. The summed E-state index contributed by atoms with van der Waals surface area (Å²) < 4.78 is 11.8. The van der Waals surface area contributed by atoms with E-state index in [-0.39, 0.29) is 5.92 Å². The number of ether oxygens (including phenoxy) is 2. The fourth-order valence-electron chi connectivity index (χ4n) is 4.25. The molecule has 4 rings (SSSR count). The van der Waals surface area contributed by atoms with Crippen molar-refractivity contribution in [3.8, 4) is 22.9 Å². The van der Waals surface area contributed by atoms with Crippen LogP contribution in [0.25, 0.3) is 22.3 Å². The molecule has 6 nitrogen and oxygen atoms in total. The molecule has 0 atom stereocenters. The van der Waals surface area contributed by atoms with Crippen LogP contribution < -0.4 is 9.47 Å². The maximum Gasteiger partial charge on any atom is 0.348 e. The fourth-order valence-corrected chi connectivity index (χ4v) is 4.25. The van der Waals surface area contributed by atoms with Crippen LogP contribution >= 0.6 is 0 Å². The number of aliphatic carboxylic acids is 1. The van der Waals surface area contributed by atoms with Gasteiger partial charge in [0.2, 0.25) is 5.60 Å². The molecule has 1 saturated carbocycles. The van der Waals surface area contributed by atoms with Crippen molar-refractivity contribution in [2.24, 2.45) is 0 Å². The molecule has 3 aromatic rings. The molecule has 0 aliphatic heterocycles. The molecular formula is C25H28N2O4. The molecule has 0 saturated heterocycles. The van der Waals surface area contributed by atoms with Gasteiger partial charge in [0, 0.05) is 22.7 Å². The first-order chi connectivity index (χ1) is 14.8. The molecule has 1 aromatic carbocycles. The summed E-state index contributed by atoms with van der Waals surface area (Å²) in [4.78, 5) is 21.8. The number of benzene rings is 1. The molecular weight excluding hydrogens is 392 g/mol. The number of carbonyl (C=O) groups is 1. The quantitative estimate of drug-likeness (QED) is 0.566. The number of fused-ring (bicyclic) bond motifs is 1. The van der Waals surface area contributed by atoms with Crippen LogP contribution in [-0.4, -0.2) is 33.8 Å². The van der Waals surface area contributed by atoms with E-state index in [1.165, 1.54) is 0 Å². The van der Waals surface area contributed by atoms with Crippen molar-refractivity contribution in [2.45, 2.75) is 58.0 Å². The summed E-state index contributed by atoms with van der Waals surface area (Å²) in [6.07, 6.45) is 2.68. The molecule has 6 heteroatoms. The lowest BCUT2D eigenvalue weighted by molar-refractivity contribution is -0.154. The van der Waals surface area contributed by atoms with E-state index >= 15 is 0 Å². The van der Waals surface area contributed by atoms with Gasteiger partial charge in [0.15, 0.2) is 0 Å². The van der Waals surface area contributed by atoms with E-state index in [0.29, 0.717) is 24.3 Å². The molecule has 0 amide bonds. The van der Waals surface area contributed by atoms with Crippen molar-refractivity contribution in [2.75, 3.05) is 7.11 Å². The van der Waals surface area contributed by atoms with E-state index < -0.39 is 11.6 Å². The van der Waals surface area contributed by atoms with Crippen molar-refractivity contribution in [3.05, 3.63) is 47.7 Å². The third-order valence-corrected chi connectivity index (χ3v) is 6.10. The topological polar surface area (TPSA) is 81.5 Å². The fraction of sp³-hybridized carbons (Fsp3) is 0.400. The number of hydrogen-bond acceptors (Lipinski definition) is 5. The number of carboxylic acid groups (broad SMARTS) is 1. The van der Waals surface area contributed by atoms with E-state index in [1.54, 1.807) is 7.11 Å². The highest BCUT2D eigenvalue weighted by molar-refractivity contribution is 5.92. The Hall–Kier alpha value is -3.15. The first kappa shape index (κ1) is 21.1. The monoisotopic (exact) mass is 420 g/mol. The Morgan fingerprint density at radius 2 is 1.81 bits per heavy atom. The maximum absolute atomic E-state index is 12.1. The van der Waals surface area contributed by atoms with Crippen LogP contribution in [0.1, 0.15) is 56.7 Å². The number of nitrogens with zero attached hydrogens (tertiary/aromatic N) is 2. The number of aryl methyl sites for hydroxylation is 1. The van der Waals surface area contributed by atoms with Crippen molar-refractivity contribution >= 4 is 16.9 Å². The van der Waals surface area contributed by atoms with Crippen LogP contribution in [0.2, 0.25) is 0 Å². The van der Waals surface area contributed by atoms with Gasteiger partial charge < -0.3 is 14.6 Å². The Labute approximate surface area is 182 Å². The minimum atomic E-state index is -1.20. The number of carboxylic acids is 1. The largest absolute Gasteiger partial charge is 0.496 e. The van der Waals surface area contributed by atoms with Crippen LogP contribution in [0.3, 0.4) is 0 Å². The highest BCUT2D eigenvalue weighted by Crippen LogP contribution is 2.40. The van der Waals surface area contributed by atoms with E-state index in [2.05, 4.69) is 13.8 Å². The van der Waals surface area contributed by atoms with Gasteiger partial charge in [0.25, 0.3) is 0 Å². The SMILES string of the molecule is COc1ccc2c(OC3(C(=O)O)CCCC3)cc(-c3cccc(C(C)C)n3)nc2c1C. The molecule has 162 valence electrons. The van der Waals surface area contributed by atoms with Gasteiger partial charge in [-0.1, -0.05) is 19.9 Å². The Morgan fingerprint density at radius 1 is 1.06 bits per heavy atom.